The molecule has 2 saturated heterocycles. The molecule has 2 bridgehead atoms. The SMILES string of the molecule is O=C(C1=CCN=N1)N1CC2CCC(C1)N2S(=O)(=O)c1cc(F)ccc1F. The highest BCUT2D eigenvalue weighted by atomic mass is 32.2. The van der Waals surface area contributed by atoms with Gasteiger partial charge >= 0.3 is 0 Å². The number of benzene rings is 1. The number of likely N-dealkylation sites (tertiary alicyclic amines) is 1. The van der Waals surface area contributed by atoms with E-state index in [4.69, 9.17) is 0 Å². The maximum absolute atomic E-state index is 14.0. The van der Waals surface area contributed by atoms with Crippen LogP contribution in [0.2, 0.25) is 0 Å². The highest BCUT2D eigenvalue weighted by Gasteiger charge is 2.48. The number of azo groups is 1. The molecular formula is C16H16F2N4O3S. The fourth-order valence-corrected chi connectivity index (χ4v) is 5.72. The maximum Gasteiger partial charge on any atom is 0.274 e. The largest absolute Gasteiger partial charge is 0.334 e. The number of fused-ring (bicyclic) bond motifs is 2. The number of nitrogens with zero attached hydrogens (tertiary/aromatic N) is 4. The average Bonchev–Trinajstić information content (AvgIpc) is 3.23. The van der Waals surface area contributed by atoms with Crippen molar-refractivity contribution in [3.8, 4) is 0 Å². The molecule has 3 heterocycles. The van der Waals surface area contributed by atoms with Gasteiger partial charge in [0.2, 0.25) is 10.0 Å². The summed E-state index contributed by atoms with van der Waals surface area (Å²) in [6.45, 7) is 0.748. The Hall–Kier alpha value is -2.20. The van der Waals surface area contributed by atoms with Crippen LogP contribution in [-0.4, -0.2) is 55.2 Å². The average molecular weight is 382 g/mol. The van der Waals surface area contributed by atoms with Crippen LogP contribution in [0.15, 0.2) is 45.1 Å². The molecule has 1 aromatic rings. The molecule has 138 valence electrons. The summed E-state index contributed by atoms with van der Waals surface area (Å²) in [5.74, 6) is -2.08. The molecule has 3 aliphatic rings. The van der Waals surface area contributed by atoms with Gasteiger partial charge in [0, 0.05) is 25.2 Å². The van der Waals surface area contributed by atoms with Gasteiger partial charge in [0.25, 0.3) is 5.91 Å². The van der Waals surface area contributed by atoms with Crippen LogP contribution in [0, 0.1) is 11.6 Å². The smallest absolute Gasteiger partial charge is 0.274 e. The molecule has 7 nitrogen and oxygen atoms in total. The van der Waals surface area contributed by atoms with Crippen molar-refractivity contribution in [3.05, 3.63) is 41.6 Å². The van der Waals surface area contributed by atoms with Gasteiger partial charge in [-0.25, -0.2) is 17.2 Å². The number of piperazine rings is 1. The molecule has 3 aliphatic heterocycles. The van der Waals surface area contributed by atoms with E-state index >= 15 is 0 Å². The molecule has 0 aliphatic carbocycles. The van der Waals surface area contributed by atoms with E-state index in [1.165, 1.54) is 4.31 Å². The van der Waals surface area contributed by atoms with E-state index in [9.17, 15) is 22.0 Å². The van der Waals surface area contributed by atoms with Crippen molar-refractivity contribution >= 4 is 15.9 Å². The van der Waals surface area contributed by atoms with Crippen LogP contribution in [0.5, 0.6) is 0 Å². The van der Waals surface area contributed by atoms with E-state index in [1.807, 2.05) is 0 Å². The molecule has 1 amide bonds. The van der Waals surface area contributed by atoms with Gasteiger partial charge in [-0.3, -0.25) is 4.79 Å². The lowest BCUT2D eigenvalue weighted by Gasteiger charge is -2.39. The van der Waals surface area contributed by atoms with E-state index in [0.29, 0.717) is 25.5 Å². The number of carbonyl (C=O) groups excluding carboxylic acids is 1. The molecular weight excluding hydrogens is 366 g/mol. The van der Waals surface area contributed by atoms with E-state index in [1.54, 1.807) is 11.0 Å². The third kappa shape index (κ3) is 2.73. The molecule has 0 spiro atoms. The highest BCUT2D eigenvalue weighted by Crippen LogP contribution is 2.36. The van der Waals surface area contributed by atoms with Gasteiger partial charge in [0.1, 0.15) is 22.2 Å². The maximum atomic E-state index is 14.0. The molecule has 10 heteroatoms. The summed E-state index contributed by atoms with van der Waals surface area (Å²) in [4.78, 5) is 13.4. The minimum atomic E-state index is -4.20. The summed E-state index contributed by atoms with van der Waals surface area (Å²) in [5.41, 5.74) is 0.261. The van der Waals surface area contributed by atoms with Crippen molar-refractivity contribution in [2.24, 2.45) is 10.2 Å². The molecule has 0 aromatic heterocycles. The number of hydrogen-bond donors (Lipinski definition) is 0. The number of sulfonamides is 1. The fraction of sp³-hybridized carbons (Fsp3) is 0.438. The Bertz CT molecular complexity index is 917. The van der Waals surface area contributed by atoms with E-state index in [-0.39, 0.29) is 24.7 Å². The molecule has 4 rings (SSSR count). The fourth-order valence-electron chi connectivity index (χ4n) is 3.79. The van der Waals surface area contributed by atoms with Crippen molar-refractivity contribution in [1.82, 2.24) is 9.21 Å². The van der Waals surface area contributed by atoms with Crippen molar-refractivity contribution in [1.29, 1.82) is 0 Å². The first-order valence-corrected chi connectivity index (χ1v) is 9.67. The second kappa shape index (κ2) is 6.20. The van der Waals surface area contributed by atoms with Gasteiger partial charge in [-0.05, 0) is 37.1 Å². The second-order valence-corrected chi connectivity index (χ2v) is 8.33. The molecule has 1 aromatic carbocycles. The lowest BCUT2D eigenvalue weighted by Crippen LogP contribution is -2.57. The van der Waals surface area contributed by atoms with Crippen LogP contribution in [0.4, 0.5) is 8.78 Å². The van der Waals surface area contributed by atoms with E-state index in [0.717, 1.165) is 12.1 Å². The van der Waals surface area contributed by atoms with Gasteiger partial charge < -0.3 is 4.90 Å². The Balaban J connectivity index is 1.61. The van der Waals surface area contributed by atoms with Gasteiger partial charge in [-0.2, -0.15) is 14.5 Å². The lowest BCUT2D eigenvalue weighted by atomic mass is 10.2. The van der Waals surface area contributed by atoms with Crippen LogP contribution in [0.25, 0.3) is 0 Å². The van der Waals surface area contributed by atoms with Crippen LogP contribution >= 0.6 is 0 Å². The molecule has 2 unspecified atom stereocenters. The van der Waals surface area contributed by atoms with Gasteiger partial charge in [-0.15, -0.1) is 0 Å². The zero-order chi connectivity index (χ0) is 18.5. The van der Waals surface area contributed by atoms with Gasteiger partial charge in [-0.1, -0.05) is 0 Å². The predicted octanol–water partition coefficient (Wildman–Crippen LogP) is 1.68. The van der Waals surface area contributed by atoms with Crippen molar-refractivity contribution < 1.29 is 22.0 Å². The van der Waals surface area contributed by atoms with Gasteiger partial charge in [0.15, 0.2) is 0 Å². The van der Waals surface area contributed by atoms with Crippen LogP contribution in [-0.2, 0) is 14.8 Å². The van der Waals surface area contributed by atoms with E-state index < -0.39 is 38.6 Å². The molecule has 2 atom stereocenters. The minimum Gasteiger partial charge on any atom is -0.334 e. The first-order chi connectivity index (χ1) is 12.4. The lowest BCUT2D eigenvalue weighted by molar-refractivity contribution is -0.129. The Morgan fingerprint density at radius 3 is 2.46 bits per heavy atom. The summed E-state index contributed by atoms with van der Waals surface area (Å²) >= 11 is 0. The summed E-state index contributed by atoms with van der Waals surface area (Å²) in [7, 11) is -4.20. The van der Waals surface area contributed by atoms with Crippen molar-refractivity contribution in [3.63, 3.8) is 0 Å². The summed E-state index contributed by atoms with van der Waals surface area (Å²) in [6, 6.07) is 1.45. The number of amides is 1. The topological polar surface area (TPSA) is 82.4 Å². The number of hydrogen-bond acceptors (Lipinski definition) is 5. The molecule has 2 fully saturated rings. The summed E-state index contributed by atoms with van der Waals surface area (Å²) in [6.07, 6.45) is 2.74. The second-order valence-electron chi connectivity index (χ2n) is 6.52. The third-order valence-corrected chi connectivity index (χ3v) is 6.93. The quantitative estimate of drug-likeness (QED) is 0.798. The highest BCUT2D eigenvalue weighted by molar-refractivity contribution is 7.89. The Morgan fingerprint density at radius 1 is 1.15 bits per heavy atom. The first kappa shape index (κ1) is 17.2. The first-order valence-electron chi connectivity index (χ1n) is 8.23. The summed E-state index contributed by atoms with van der Waals surface area (Å²) in [5, 5.41) is 7.54. The Morgan fingerprint density at radius 2 is 1.85 bits per heavy atom. The zero-order valence-electron chi connectivity index (χ0n) is 13.7. The third-order valence-electron chi connectivity index (χ3n) is 4.91. The number of carbonyl (C=O) groups is 1. The van der Waals surface area contributed by atoms with E-state index in [2.05, 4.69) is 10.2 Å². The van der Waals surface area contributed by atoms with Crippen LogP contribution in [0.3, 0.4) is 0 Å². The molecule has 0 radical (unpaired) electrons. The number of rotatable bonds is 3. The van der Waals surface area contributed by atoms with Crippen molar-refractivity contribution in [2.75, 3.05) is 19.6 Å². The standard InChI is InChI=1S/C16H16F2N4O3S/c17-10-1-4-13(18)15(7-10)26(24,25)22-11-2-3-12(22)9-21(8-11)16(23)14-5-6-19-20-14/h1,4-5,7,11-12H,2-3,6,8-9H2. The van der Waals surface area contributed by atoms with Crippen LogP contribution in [0.1, 0.15) is 12.8 Å². The molecule has 26 heavy (non-hydrogen) atoms. The monoisotopic (exact) mass is 382 g/mol. The minimum absolute atomic E-state index is 0.193. The number of halogens is 2. The Labute approximate surface area is 149 Å². The van der Waals surface area contributed by atoms with Crippen molar-refractivity contribution in [2.45, 2.75) is 29.8 Å². The van der Waals surface area contributed by atoms with Crippen LogP contribution < -0.4 is 0 Å². The van der Waals surface area contributed by atoms with Gasteiger partial charge in [0.05, 0.1) is 6.54 Å². The molecule has 0 N–H and O–H groups in total. The predicted molar refractivity (Wildman–Crippen MR) is 86.6 cm³/mol. The molecule has 0 saturated carbocycles. The summed E-state index contributed by atoms with van der Waals surface area (Å²) < 4.78 is 54.6. The Kier molecular flexibility index (Phi) is 4.11. The normalized spacial score (nSPS) is 25.6. The zero-order valence-corrected chi connectivity index (χ0v) is 14.5.